The highest BCUT2D eigenvalue weighted by atomic mass is 19.4. The number of hydrogen-bond donors (Lipinski definition) is 0. The predicted molar refractivity (Wildman–Crippen MR) is 62.4 cm³/mol. The van der Waals surface area contributed by atoms with Crippen molar-refractivity contribution in [2.24, 2.45) is 0 Å². The Labute approximate surface area is 139 Å². The van der Waals surface area contributed by atoms with Crippen molar-refractivity contribution in [3.05, 3.63) is 35.4 Å². The van der Waals surface area contributed by atoms with Crippen LogP contribution in [0.15, 0.2) is 18.2 Å². The summed E-state index contributed by atoms with van der Waals surface area (Å²) < 4.78 is 108. The van der Waals surface area contributed by atoms with Crippen LogP contribution in [0.5, 0.6) is 0 Å². The lowest BCUT2D eigenvalue weighted by molar-refractivity contribution is -0.574. The maximum absolute atomic E-state index is 13.3. The molecule has 0 fully saturated rings. The molecule has 0 aliphatic rings. The molecule has 0 spiro atoms. The SMILES string of the molecule is O=C(OCCOC(=O)C([O-])(C(F)(F)F)C(F)(F)F)c1cccc(F)c1F. The summed E-state index contributed by atoms with van der Waals surface area (Å²) in [5.74, 6) is -7.76. The smallest absolute Gasteiger partial charge is 0.399 e. The molecule has 0 aromatic heterocycles. The minimum absolute atomic E-state index is 0.663. The first-order chi connectivity index (χ1) is 11.7. The fraction of sp³-hybridized carbons (Fsp3) is 0.385. The van der Waals surface area contributed by atoms with Crippen molar-refractivity contribution in [3.8, 4) is 0 Å². The van der Waals surface area contributed by atoms with Gasteiger partial charge < -0.3 is 14.6 Å². The third-order valence-electron chi connectivity index (χ3n) is 2.81. The minimum Gasteiger partial charge on any atom is -0.828 e. The van der Waals surface area contributed by atoms with Crippen LogP contribution in [0.3, 0.4) is 0 Å². The van der Waals surface area contributed by atoms with Crippen LogP contribution >= 0.6 is 0 Å². The number of ether oxygens (including phenoxy) is 2. The molecular formula is C13H7F8O5-. The number of rotatable bonds is 5. The summed E-state index contributed by atoms with van der Waals surface area (Å²) >= 11 is 0. The van der Waals surface area contributed by atoms with Crippen molar-refractivity contribution in [2.45, 2.75) is 18.0 Å². The molecule has 0 aliphatic heterocycles. The van der Waals surface area contributed by atoms with Crippen LogP contribution in [0.4, 0.5) is 35.1 Å². The van der Waals surface area contributed by atoms with E-state index in [-0.39, 0.29) is 0 Å². The fourth-order valence-corrected chi connectivity index (χ4v) is 1.50. The zero-order chi connectivity index (χ0) is 20.3. The summed E-state index contributed by atoms with van der Waals surface area (Å²) in [5, 5.41) is 11.0. The fourth-order valence-electron chi connectivity index (χ4n) is 1.50. The van der Waals surface area contributed by atoms with Crippen LogP contribution < -0.4 is 5.11 Å². The second kappa shape index (κ2) is 7.43. The monoisotopic (exact) mass is 395 g/mol. The zero-order valence-electron chi connectivity index (χ0n) is 12.2. The molecule has 146 valence electrons. The number of hydrogen-bond acceptors (Lipinski definition) is 5. The van der Waals surface area contributed by atoms with E-state index in [1.54, 1.807) is 0 Å². The Hall–Kier alpha value is -2.44. The highest BCUT2D eigenvalue weighted by molar-refractivity contribution is 5.89. The van der Waals surface area contributed by atoms with Gasteiger partial charge in [0.15, 0.2) is 17.2 Å². The van der Waals surface area contributed by atoms with E-state index in [0.29, 0.717) is 6.07 Å². The van der Waals surface area contributed by atoms with E-state index >= 15 is 0 Å². The van der Waals surface area contributed by atoms with Crippen LogP contribution in [0, 0.1) is 11.6 Å². The summed E-state index contributed by atoms with van der Waals surface area (Å²) in [4.78, 5) is 22.3. The highest BCUT2D eigenvalue weighted by Crippen LogP contribution is 2.41. The molecule has 0 unspecified atom stereocenters. The van der Waals surface area contributed by atoms with Crippen molar-refractivity contribution < 1.29 is 59.3 Å². The molecule has 5 nitrogen and oxygen atoms in total. The second-order valence-electron chi connectivity index (χ2n) is 4.55. The van der Waals surface area contributed by atoms with Gasteiger partial charge in [-0.15, -0.1) is 0 Å². The molecule has 26 heavy (non-hydrogen) atoms. The van der Waals surface area contributed by atoms with Crippen molar-refractivity contribution in [1.82, 2.24) is 0 Å². The van der Waals surface area contributed by atoms with Crippen LogP contribution in [-0.4, -0.2) is 43.1 Å². The number of halogens is 8. The van der Waals surface area contributed by atoms with Gasteiger partial charge in [0.05, 0.1) is 5.56 Å². The topological polar surface area (TPSA) is 75.7 Å². The summed E-state index contributed by atoms with van der Waals surface area (Å²) in [5.41, 5.74) is -6.95. The average Bonchev–Trinajstić information content (AvgIpc) is 2.50. The summed E-state index contributed by atoms with van der Waals surface area (Å²) in [6.45, 7) is -2.48. The average molecular weight is 395 g/mol. The van der Waals surface area contributed by atoms with Gasteiger partial charge in [-0.25, -0.2) is 13.6 Å². The third-order valence-corrected chi connectivity index (χ3v) is 2.81. The van der Waals surface area contributed by atoms with E-state index in [4.69, 9.17) is 0 Å². The minimum atomic E-state index is -6.54. The van der Waals surface area contributed by atoms with Crippen LogP contribution in [0.2, 0.25) is 0 Å². The van der Waals surface area contributed by atoms with E-state index in [0.717, 1.165) is 12.1 Å². The van der Waals surface area contributed by atoms with Gasteiger partial charge in [0.2, 0.25) is 0 Å². The second-order valence-corrected chi connectivity index (χ2v) is 4.55. The van der Waals surface area contributed by atoms with E-state index in [9.17, 15) is 49.8 Å². The van der Waals surface area contributed by atoms with Crippen LogP contribution in [-0.2, 0) is 14.3 Å². The Morgan fingerprint density at radius 1 is 0.923 bits per heavy atom. The van der Waals surface area contributed by atoms with Gasteiger partial charge in [-0.05, 0) is 12.1 Å². The molecule has 0 amide bonds. The third kappa shape index (κ3) is 4.20. The molecule has 0 N–H and O–H groups in total. The maximum atomic E-state index is 13.3. The quantitative estimate of drug-likeness (QED) is 0.433. The van der Waals surface area contributed by atoms with Crippen molar-refractivity contribution in [1.29, 1.82) is 0 Å². The van der Waals surface area contributed by atoms with E-state index in [1.165, 1.54) is 0 Å². The number of esters is 2. The number of carbonyl (C=O) groups is 2. The molecule has 13 heteroatoms. The maximum Gasteiger partial charge on any atom is 0.399 e. The summed E-state index contributed by atoms with van der Waals surface area (Å²) in [7, 11) is 0. The Morgan fingerprint density at radius 2 is 1.42 bits per heavy atom. The van der Waals surface area contributed by atoms with Gasteiger partial charge in [-0.1, -0.05) is 6.07 Å². The van der Waals surface area contributed by atoms with E-state index < -0.39 is 60.3 Å². The standard InChI is InChI=1S/C13H7F8O5/c14-7-3-1-2-6(8(7)15)9(22)25-4-5-26-10(23)11(24,12(16,17)18)13(19,20)21/h1-3H,4-5H2/q-1. The molecule has 1 aromatic carbocycles. The molecule has 0 atom stereocenters. The first-order valence-corrected chi connectivity index (χ1v) is 6.35. The lowest BCUT2D eigenvalue weighted by atomic mass is 10.0. The lowest BCUT2D eigenvalue weighted by Gasteiger charge is -2.40. The zero-order valence-corrected chi connectivity index (χ0v) is 12.2. The molecule has 1 rings (SSSR count). The molecule has 0 heterocycles. The van der Waals surface area contributed by atoms with Crippen LogP contribution in [0.1, 0.15) is 10.4 Å². The molecule has 0 saturated heterocycles. The lowest BCUT2D eigenvalue weighted by Crippen LogP contribution is -2.71. The molecule has 0 radical (unpaired) electrons. The highest BCUT2D eigenvalue weighted by Gasteiger charge is 2.68. The van der Waals surface area contributed by atoms with E-state index in [2.05, 4.69) is 9.47 Å². The molecule has 1 aromatic rings. The molecule has 0 bridgehead atoms. The Morgan fingerprint density at radius 3 is 1.92 bits per heavy atom. The van der Waals surface area contributed by atoms with Gasteiger partial charge in [0, 0.05) is 0 Å². The predicted octanol–water partition coefficient (Wildman–Crippen LogP) is 1.89. The summed E-state index contributed by atoms with van der Waals surface area (Å²) in [6.07, 6.45) is -13.1. The first-order valence-electron chi connectivity index (χ1n) is 6.35. The summed E-state index contributed by atoms with van der Waals surface area (Å²) in [6, 6.07) is 2.37. The van der Waals surface area contributed by atoms with Gasteiger partial charge in [0.1, 0.15) is 13.2 Å². The Kier molecular flexibility index (Phi) is 6.18. The normalized spacial score (nSPS) is 12.7. The largest absolute Gasteiger partial charge is 0.828 e. The molecule has 0 aliphatic carbocycles. The van der Waals surface area contributed by atoms with Gasteiger partial charge >= 0.3 is 24.3 Å². The van der Waals surface area contributed by atoms with E-state index in [1.807, 2.05) is 0 Å². The van der Waals surface area contributed by atoms with Gasteiger partial charge in [0.25, 0.3) is 0 Å². The number of benzene rings is 1. The van der Waals surface area contributed by atoms with Gasteiger partial charge in [-0.2, -0.15) is 26.3 Å². The number of carbonyl (C=O) groups excluding carboxylic acids is 2. The van der Waals surface area contributed by atoms with Crippen LogP contribution in [0.25, 0.3) is 0 Å². The number of alkyl halides is 6. The Bertz CT molecular complexity index is 668. The Balaban J connectivity index is 2.69. The van der Waals surface area contributed by atoms with Crippen molar-refractivity contribution in [3.63, 3.8) is 0 Å². The van der Waals surface area contributed by atoms with Crippen molar-refractivity contribution in [2.75, 3.05) is 13.2 Å². The van der Waals surface area contributed by atoms with Crippen molar-refractivity contribution >= 4 is 11.9 Å². The molecule has 0 saturated carbocycles. The first kappa shape index (κ1) is 21.6. The molecular weight excluding hydrogens is 388 g/mol. The van der Waals surface area contributed by atoms with Gasteiger partial charge in [-0.3, -0.25) is 4.79 Å².